The number of fused-ring (bicyclic) bond motifs is 4. The molecule has 0 spiro atoms. The maximum atomic E-state index is 13.6. The Kier molecular flexibility index (Phi) is 5.76. The number of hydrogen-bond acceptors (Lipinski definition) is 7. The third-order valence-electron chi connectivity index (χ3n) is 9.03. The van der Waals surface area contributed by atoms with Gasteiger partial charge in [-0.1, -0.05) is 48.5 Å². The van der Waals surface area contributed by atoms with Crippen LogP contribution < -0.4 is 4.74 Å². The van der Waals surface area contributed by atoms with E-state index in [1.54, 1.807) is 42.8 Å². The number of aryl methyl sites for hydroxylation is 1. The minimum Gasteiger partial charge on any atom is -0.497 e. The molecular weight excluding hydrogens is 566 g/mol. The van der Waals surface area contributed by atoms with E-state index in [1.165, 1.54) is 4.90 Å². The molecule has 0 radical (unpaired) electrons. The number of benzene rings is 3. The van der Waals surface area contributed by atoms with Crippen LogP contribution in [0.3, 0.4) is 0 Å². The molecule has 8 rings (SSSR count). The van der Waals surface area contributed by atoms with Crippen molar-refractivity contribution in [2.75, 3.05) is 7.11 Å². The summed E-state index contributed by atoms with van der Waals surface area (Å²) >= 11 is 0. The van der Waals surface area contributed by atoms with Crippen LogP contribution in [0.4, 0.5) is 0 Å². The minimum absolute atomic E-state index is 0.248. The van der Waals surface area contributed by atoms with Gasteiger partial charge in [0.25, 0.3) is 11.8 Å². The van der Waals surface area contributed by atoms with E-state index in [-0.39, 0.29) is 24.7 Å². The average Bonchev–Trinajstić information content (AvgIpc) is 3.55. The quantitative estimate of drug-likeness (QED) is 0.245. The lowest BCUT2D eigenvalue weighted by Gasteiger charge is -2.55. The number of carbonyl (C=O) groups is 2. The first-order chi connectivity index (χ1) is 21.7. The first kappa shape index (κ1) is 27.2. The van der Waals surface area contributed by atoms with Gasteiger partial charge in [-0.15, -0.1) is 0 Å². The van der Waals surface area contributed by atoms with Gasteiger partial charge in [0.15, 0.2) is 11.3 Å². The fraction of sp³-hybridized carbons (Fsp3) is 0.194. The Balaban J connectivity index is 1.28. The Morgan fingerprint density at radius 1 is 0.844 bits per heavy atom. The van der Waals surface area contributed by atoms with Gasteiger partial charge in [-0.25, -0.2) is 9.97 Å². The second-order valence-corrected chi connectivity index (χ2v) is 12.3. The van der Waals surface area contributed by atoms with E-state index in [1.807, 2.05) is 67.7 Å². The molecular formula is C36H29N5O4. The van der Waals surface area contributed by atoms with Gasteiger partial charge in [0.2, 0.25) is 0 Å². The zero-order chi connectivity index (χ0) is 31.1. The molecule has 9 heteroatoms. The molecule has 4 heterocycles. The van der Waals surface area contributed by atoms with Crippen molar-refractivity contribution < 1.29 is 19.4 Å². The van der Waals surface area contributed by atoms with Crippen molar-refractivity contribution in [3.05, 3.63) is 114 Å². The third-order valence-corrected chi connectivity index (χ3v) is 9.03. The van der Waals surface area contributed by atoms with Gasteiger partial charge in [0.1, 0.15) is 5.75 Å². The number of aliphatic hydroxyl groups is 1. The molecule has 1 aliphatic heterocycles. The molecule has 2 aliphatic rings. The molecule has 1 fully saturated rings. The number of ether oxygens (including phenoxy) is 1. The largest absolute Gasteiger partial charge is 0.497 e. The molecule has 0 bridgehead atoms. The van der Waals surface area contributed by atoms with Gasteiger partial charge in [-0.3, -0.25) is 14.5 Å². The van der Waals surface area contributed by atoms with Crippen molar-refractivity contribution >= 4 is 28.5 Å². The van der Waals surface area contributed by atoms with Gasteiger partial charge < -0.3 is 9.84 Å². The second-order valence-electron chi connectivity index (χ2n) is 12.3. The number of rotatable bonds is 5. The topological polar surface area (TPSA) is 110 Å². The van der Waals surface area contributed by atoms with Crippen molar-refractivity contribution in [1.82, 2.24) is 24.5 Å². The smallest absolute Gasteiger partial charge is 0.262 e. The zero-order valence-electron chi connectivity index (χ0n) is 25.0. The number of amides is 2. The summed E-state index contributed by atoms with van der Waals surface area (Å²) in [4.78, 5) is 38.3. The molecule has 1 aliphatic carbocycles. The van der Waals surface area contributed by atoms with Crippen LogP contribution in [0, 0.1) is 6.92 Å². The second kappa shape index (κ2) is 9.54. The Morgan fingerprint density at radius 3 is 2.22 bits per heavy atom. The van der Waals surface area contributed by atoms with Crippen LogP contribution in [0.15, 0.2) is 91.1 Å². The van der Waals surface area contributed by atoms with Crippen LogP contribution in [-0.4, -0.2) is 54.1 Å². The van der Waals surface area contributed by atoms with Crippen molar-refractivity contribution in [2.45, 2.75) is 37.8 Å². The number of nitrogens with zero attached hydrogens (tertiary/aromatic N) is 5. The van der Waals surface area contributed by atoms with Crippen LogP contribution in [-0.2, 0) is 5.54 Å². The molecule has 2 amide bonds. The highest BCUT2D eigenvalue weighted by Crippen LogP contribution is 2.54. The summed E-state index contributed by atoms with van der Waals surface area (Å²) in [5.41, 5.74) is 5.22. The Morgan fingerprint density at radius 2 is 1.56 bits per heavy atom. The van der Waals surface area contributed by atoms with E-state index in [4.69, 9.17) is 9.72 Å². The predicted octanol–water partition coefficient (Wildman–Crippen LogP) is 5.96. The van der Waals surface area contributed by atoms with Gasteiger partial charge in [0, 0.05) is 41.6 Å². The monoisotopic (exact) mass is 595 g/mol. The number of methoxy groups -OCH3 is 1. The first-order valence-electron chi connectivity index (χ1n) is 14.8. The lowest BCUT2D eigenvalue weighted by atomic mass is 9.61. The number of pyridine rings is 1. The highest BCUT2D eigenvalue weighted by atomic mass is 16.5. The van der Waals surface area contributed by atoms with Gasteiger partial charge >= 0.3 is 0 Å². The van der Waals surface area contributed by atoms with Gasteiger partial charge in [-0.05, 0) is 55.3 Å². The standard InChI is InChI=1S/C36H29N5O4/c1-21-15-30-37-18-24-17-29(23-7-6-8-26(16-23)45-3)31(38-32(24)41(30)39-21)22-11-13-25(14-12-22)36(19-35(2,44)20-36)40-33(42)27-9-4-5-10-28(27)34(40)43/h4-18,44H,19-20H2,1-3H3. The van der Waals surface area contributed by atoms with Crippen molar-refractivity contribution in [2.24, 2.45) is 0 Å². The number of carbonyl (C=O) groups excluding carboxylic acids is 2. The molecule has 9 nitrogen and oxygen atoms in total. The zero-order valence-corrected chi connectivity index (χ0v) is 25.0. The summed E-state index contributed by atoms with van der Waals surface area (Å²) < 4.78 is 7.28. The summed E-state index contributed by atoms with van der Waals surface area (Å²) in [7, 11) is 1.64. The van der Waals surface area contributed by atoms with Crippen LogP contribution in [0.2, 0.25) is 0 Å². The minimum atomic E-state index is -1.01. The molecule has 222 valence electrons. The molecule has 1 saturated carbocycles. The SMILES string of the molecule is COc1cccc(-c2cc3cnc4cc(C)nn4c3nc2-c2ccc(C3(N4C(=O)c5ccccc5C4=O)CC(C)(O)C3)cc2)c1. The molecule has 0 saturated heterocycles. The summed E-state index contributed by atoms with van der Waals surface area (Å²) in [6.45, 7) is 3.66. The van der Waals surface area contributed by atoms with Crippen LogP contribution in [0.5, 0.6) is 5.75 Å². The average molecular weight is 596 g/mol. The molecule has 3 aromatic carbocycles. The van der Waals surface area contributed by atoms with Crippen molar-refractivity contribution in [1.29, 1.82) is 0 Å². The van der Waals surface area contributed by atoms with Crippen molar-refractivity contribution in [3.8, 4) is 28.1 Å². The lowest BCUT2D eigenvalue weighted by molar-refractivity contribution is -0.118. The molecule has 3 aromatic heterocycles. The number of hydrogen-bond donors (Lipinski definition) is 1. The highest BCUT2D eigenvalue weighted by molar-refractivity contribution is 6.22. The summed E-state index contributed by atoms with van der Waals surface area (Å²) in [6.07, 6.45) is 2.30. The van der Waals surface area contributed by atoms with Crippen LogP contribution in [0.25, 0.3) is 39.1 Å². The molecule has 1 N–H and O–H groups in total. The van der Waals surface area contributed by atoms with Gasteiger partial charge in [0.05, 0.1) is 40.8 Å². The molecule has 0 atom stereocenters. The summed E-state index contributed by atoms with van der Waals surface area (Å²) in [5.74, 6) is 0.0581. The van der Waals surface area contributed by atoms with Crippen LogP contribution in [0.1, 0.15) is 51.7 Å². The molecule has 6 aromatic rings. The normalized spacial score (nSPS) is 20.9. The van der Waals surface area contributed by atoms with Crippen LogP contribution >= 0.6 is 0 Å². The van der Waals surface area contributed by atoms with E-state index in [0.29, 0.717) is 22.4 Å². The Labute approximate surface area is 258 Å². The summed E-state index contributed by atoms with van der Waals surface area (Å²) in [5, 5.41) is 16.4. The number of aromatic nitrogens is 4. The maximum absolute atomic E-state index is 13.6. The first-order valence-corrected chi connectivity index (χ1v) is 14.8. The highest BCUT2D eigenvalue weighted by Gasteiger charge is 2.60. The van der Waals surface area contributed by atoms with E-state index in [2.05, 4.69) is 16.1 Å². The Hall–Kier alpha value is -5.41. The van der Waals surface area contributed by atoms with E-state index >= 15 is 0 Å². The Bertz CT molecular complexity index is 2160. The van der Waals surface area contributed by atoms with Gasteiger partial charge in [-0.2, -0.15) is 9.61 Å². The van der Waals surface area contributed by atoms with Crippen molar-refractivity contribution in [3.63, 3.8) is 0 Å². The van der Waals surface area contributed by atoms with E-state index in [0.717, 1.165) is 44.8 Å². The van der Waals surface area contributed by atoms with E-state index in [9.17, 15) is 14.7 Å². The summed E-state index contributed by atoms with van der Waals surface area (Å²) in [6, 6.07) is 26.5. The fourth-order valence-corrected chi connectivity index (χ4v) is 7.10. The maximum Gasteiger partial charge on any atom is 0.262 e. The molecule has 0 unspecified atom stereocenters. The fourth-order valence-electron chi connectivity index (χ4n) is 7.10. The molecule has 45 heavy (non-hydrogen) atoms. The lowest BCUT2D eigenvalue weighted by Crippen LogP contribution is -2.63. The number of imide groups is 1. The predicted molar refractivity (Wildman–Crippen MR) is 169 cm³/mol. The third kappa shape index (κ3) is 4.08. The van der Waals surface area contributed by atoms with E-state index < -0.39 is 11.1 Å².